The van der Waals surface area contributed by atoms with Crippen molar-refractivity contribution in [1.29, 1.82) is 0 Å². The van der Waals surface area contributed by atoms with Crippen LogP contribution in [-0.2, 0) is 45.5 Å². The lowest BCUT2D eigenvalue weighted by molar-refractivity contribution is -0.141. The first-order valence-electron chi connectivity index (χ1n) is 15.4. The van der Waals surface area contributed by atoms with E-state index in [1.807, 2.05) is 60.7 Å². The van der Waals surface area contributed by atoms with E-state index in [4.69, 9.17) is 23.2 Å². The number of aryl methyl sites for hydroxylation is 1. The molecule has 2 amide bonds. The first kappa shape index (κ1) is 33.7. The van der Waals surface area contributed by atoms with Crippen molar-refractivity contribution in [3.05, 3.63) is 135 Å². The number of halogens is 2. The van der Waals surface area contributed by atoms with Gasteiger partial charge < -0.3 is 10.2 Å². The van der Waals surface area contributed by atoms with E-state index in [0.29, 0.717) is 41.5 Å². The highest BCUT2D eigenvalue weighted by Crippen LogP contribution is 2.23. The van der Waals surface area contributed by atoms with Gasteiger partial charge in [0.15, 0.2) is 0 Å². The monoisotopic (exact) mass is 677 g/mol. The van der Waals surface area contributed by atoms with Crippen LogP contribution >= 0.6 is 23.2 Å². The fraction of sp³-hybridized carbons (Fsp3) is 0.278. The normalized spacial score (nSPS) is 14.1. The van der Waals surface area contributed by atoms with Gasteiger partial charge in [-0.3, -0.25) is 9.59 Å². The molecule has 1 N–H and O–H groups in total. The van der Waals surface area contributed by atoms with Crippen molar-refractivity contribution < 1.29 is 18.0 Å². The van der Waals surface area contributed by atoms with Gasteiger partial charge in [0.1, 0.15) is 6.04 Å². The zero-order valence-electron chi connectivity index (χ0n) is 25.4. The van der Waals surface area contributed by atoms with Gasteiger partial charge in [-0.25, -0.2) is 8.42 Å². The molecule has 1 saturated heterocycles. The molecule has 1 aliphatic heterocycles. The summed E-state index contributed by atoms with van der Waals surface area (Å²) >= 11 is 12.4. The van der Waals surface area contributed by atoms with Gasteiger partial charge >= 0.3 is 0 Å². The van der Waals surface area contributed by atoms with Crippen LogP contribution in [0.4, 0.5) is 0 Å². The molecule has 0 radical (unpaired) electrons. The van der Waals surface area contributed by atoms with E-state index in [1.54, 1.807) is 47.4 Å². The first-order valence-corrected chi connectivity index (χ1v) is 17.6. The Kier molecular flexibility index (Phi) is 11.5. The van der Waals surface area contributed by atoms with E-state index in [2.05, 4.69) is 5.32 Å². The summed E-state index contributed by atoms with van der Waals surface area (Å²) in [7, 11) is -3.52. The maximum atomic E-state index is 14.0. The molecule has 0 saturated carbocycles. The summed E-state index contributed by atoms with van der Waals surface area (Å²) in [4.78, 5) is 29.9. The molecule has 0 spiro atoms. The number of rotatable bonds is 13. The molecule has 46 heavy (non-hydrogen) atoms. The van der Waals surface area contributed by atoms with Crippen molar-refractivity contribution in [2.24, 2.45) is 0 Å². The van der Waals surface area contributed by atoms with Crippen LogP contribution in [0.25, 0.3) is 0 Å². The zero-order valence-corrected chi connectivity index (χ0v) is 27.8. The highest BCUT2D eigenvalue weighted by molar-refractivity contribution is 7.89. The molecule has 0 aliphatic carbocycles. The predicted octanol–water partition coefficient (Wildman–Crippen LogP) is 6.67. The minimum absolute atomic E-state index is 0.145. The molecule has 1 aliphatic rings. The van der Waals surface area contributed by atoms with Crippen molar-refractivity contribution in [1.82, 2.24) is 14.5 Å². The predicted molar refractivity (Wildman–Crippen MR) is 182 cm³/mol. The molecular formula is C36H37Cl2N3O4S. The Labute approximate surface area is 281 Å². The Morgan fingerprint density at radius 3 is 2.07 bits per heavy atom. The lowest BCUT2D eigenvalue weighted by Crippen LogP contribution is -2.50. The van der Waals surface area contributed by atoms with Gasteiger partial charge in [0.2, 0.25) is 21.8 Å². The van der Waals surface area contributed by atoms with Crippen LogP contribution < -0.4 is 5.32 Å². The Balaban J connectivity index is 1.36. The summed E-state index contributed by atoms with van der Waals surface area (Å²) in [6.07, 6.45) is 2.61. The molecule has 1 atom stereocenters. The molecular weight excluding hydrogens is 641 g/mol. The van der Waals surface area contributed by atoms with Gasteiger partial charge in [-0.1, -0.05) is 102 Å². The second-order valence-corrected chi connectivity index (χ2v) is 14.2. The minimum Gasteiger partial charge on any atom is -0.350 e. The molecule has 0 aromatic heterocycles. The third-order valence-corrected chi connectivity index (χ3v) is 10.7. The summed E-state index contributed by atoms with van der Waals surface area (Å²) in [5.41, 5.74) is 3.38. The standard InChI is InChI=1S/C36H37Cl2N3O4S/c37-31-17-16-30(33(38)24-31)25-39-36(43)34(23-28-9-3-1-4-10-28)41(26-29-11-5-2-6-12-29)35(42)20-15-27-13-18-32(19-14-27)46(44,45)40-21-7-8-22-40/h1-6,9-14,16-19,24,34H,7-8,15,20-23,25-26H2,(H,39,43). The van der Waals surface area contributed by atoms with Crippen LogP contribution in [0.2, 0.25) is 10.0 Å². The van der Waals surface area contributed by atoms with E-state index >= 15 is 0 Å². The van der Waals surface area contributed by atoms with Crippen LogP contribution in [0.1, 0.15) is 41.5 Å². The average molecular weight is 679 g/mol. The number of sulfonamides is 1. The smallest absolute Gasteiger partial charge is 0.243 e. The van der Waals surface area contributed by atoms with Crippen molar-refractivity contribution in [2.45, 2.75) is 56.1 Å². The van der Waals surface area contributed by atoms with Crippen LogP contribution in [0.3, 0.4) is 0 Å². The van der Waals surface area contributed by atoms with E-state index in [9.17, 15) is 18.0 Å². The highest BCUT2D eigenvalue weighted by Gasteiger charge is 2.31. The lowest BCUT2D eigenvalue weighted by Gasteiger charge is -2.32. The zero-order chi connectivity index (χ0) is 32.5. The van der Waals surface area contributed by atoms with Crippen molar-refractivity contribution in [2.75, 3.05) is 13.1 Å². The van der Waals surface area contributed by atoms with Gasteiger partial charge in [-0.2, -0.15) is 4.31 Å². The molecule has 10 heteroatoms. The molecule has 1 fully saturated rings. The number of nitrogens with one attached hydrogen (secondary N) is 1. The van der Waals surface area contributed by atoms with Crippen LogP contribution in [0, 0.1) is 0 Å². The van der Waals surface area contributed by atoms with Gasteiger partial charge in [-0.05, 0) is 65.8 Å². The molecule has 7 nitrogen and oxygen atoms in total. The van der Waals surface area contributed by atoms with Crippen LogP contribution in [0.5, 0.6) is 0 Å². The number of hydrogen-bond donors (Lipinski definition) is 1. The van der Waals surface area contributed by atoms with Gasteiger partial charge in [-0.15, -0.1) is 0 Å². The lowest BCUT2D eigenvalue weighted by atomic mass is 10.0. The molecule has 1 heterocycles. The topological polar surface area (TPSA) is 86.8 Å². The SMILES string of the molecule is O=C(NCc1ccc(Cl)cc1Cl)C(Cc1ccccc1)N(Cc1ccccc1)C(=O)CCc1ccc(S(=O)(=O)N2CCCC2)cc1. The Hall–Kier alpha value is -3.69. The van der Waals surface area contributed by atoms with E-state index < -0.39 is 16.1 Å². The van der Waals surface area contributed by atoms with E-state index in [1.165, 1.54) is 4.31 Å². The summed E-state index contributed by atoms with van der Waals surface area (Å²) < 4.78 is 27.4. The molecule has 240 valence electrons. The number of carbonyl (C=O) groups is 2. The van der Waals surface area contributed by atoms with Crippen molar-refractivity contribution in [3.8, 4) is 0 Å². The third kappa shape index (κ3) is 8.76. The minimum atomic E-state index is -3.52. The summed E-state index contributed by atoms with van der Waals surface area (Å²) in [6, 6.07) is 30.3. The molecule has 1 unspecified atom stereocenters. The fourth-order valence-electron chi connectivity index (χ4n) is 5.60. The third-order valence-electron chi connectivity index (χ3n) is 8.19. The average Bonchev–Trinajstić information content (AvgIpc) is 3.62. The molecule has 0 bridgehead atoms. The number of nitrogens with zero attached hydrogens (tertiary/aromatic N) is 2. The van der Waals surface area contributed by atoms with Gasteiger partial charge in [0.05, 0.1) is 4.90 Å². The highest BCUT2D eigenvalue weighted by atomic mass is 35.5. The Bertz CT molecular complexity index is 1730. The fourth-order valence-corrected chi connectivity index (χ4v) is 7.59. The van der Waals surface area contributed by atoms with Gasteiger partial charge in [0, 0.05) is 49.1 Å². The second-order valence-electron chi connectivity index (χ2n) is 11.4. The van der Waals surface area contributed by atoms with E-state index in [-0.39, 0.29) is 36.2 Å². The van der Waals surface area contributed by atoms with Crippen LogP contribution in [0.15, 0.2) is 108 Å². The quantitative estimate of drug-likeness (QED) is 0.171. The maximum Gasteiger partial charge on any atom is 0.243 e. The second kappa shape index (κ2) is 15.7. The van der Waals surface area contributed by atoms with E-state index in [0.717, 1.165) is 29.5 Å². The molecule has 5 rings (SSSR count). The number of carbonyl (C=O) groups excluding carboxylic acids is 2. The van der Waals surface area contributed by atoms with Crippen molar-refractivity contribution in [3.63, 3.8) is 0 Å². The first-order chi connectivity index (χ1) is 22.2. The molecule has 4 aromatic carbocycles. The Morgan fingerprint density at radius 2 is 1.43 bits per heavy atom. The van der Waals surface area contributed by atoms with Crippen molar-refractivity contribution >= 4 is 45.0 Å². The largest absolute Gasteiger partial charge is 0.350 e. The van der Waals surface area contributed by atoms with Gasteiger partial charge in [0.25, 0.3) is 0 Å². The maximum absolute atomic E-state index is 14.0. The Morgan fingerprint density at radius 1 is 0.804 bits per heavy atom. The number of hydrogen-bond acceptors (Lipinski definition) is 4. The summed E-state index contributed by atoms with van der Waals surface area (Å²) in [6.45, 7) is 1.51. The molecule has 4 aromatic rings. The summed E-state index contributed by atoms with van der Waals surface area (Å²) in [5, 5.41) is 3.95. The number of benzene rings is 4. The summed E-state index contributed by atoms with van der Waals surface area (Å²) in [5.74, 6) is -0.478. The number of amides is 2. The van der Waals surface area contributed by atoms with Crippen LogP contribution in [-0.4, -0.2) is 48.6 Å².